The van der Waals surface area contributed by atoms with Gasteiger partial charge in [-0.05, 0) is 49.6 Å². The molecule has 0 bridgehead atoms. The molecule has 2 heterocycles. The molecule has 0 saturated heterocycles. The van der Waals surface area contributed by atoms with Gasteiger partial charge in [-0.2, -0.15) is 5.10 Å². The van der Waals surface area contributed by atoms with Gasteiger partial charge in [0.1, 0.15) is 17.3 Å². The third kappa shape index (κ3) is 4.12. The summed E-state index contributed by atoms with van der Waals surface area (Å²) in [5.41, 5.74) is 16.8. The van der Waals surface area contributed by atoms with Gasteiger partial charge in [-0.1, -0.05) is 36.9 Å². The summed E-state index contributed by atoms with van der Waals surface area (Å²) in [5, 5.41) is 4.79. The van der Waals surface area contributed by atoms with Crippen molar-refractivity contribution in [1.29, 1.82) is 0 Å². The number of benzene rings is 1. The van der Waals surface area contributed by atoms with E-state index >= 15 is 0 Å². The van der Waals surface area contributed by atoms with E-state index in [1.807, 2.05) is 10.7 Å². The lowest BCUT2D eigenvalue weighted by molar-refractivity contribution is 0.561. The summed E-state index contributed by atoms with van der Waals surface area (Å²) < 4.78 is 16.1. The van der Waals surface area contributed by atoms with Crippen LogP contribution in [-0.4, -0.2) is 19.7 Å². The largest absolute Gasteiger partial charge is 0.405 e. The molecule has 1 aliphatic carbocycles. The maximum Gasteiger partial charge on any atom is 0.182 e. The maximum atomic E-state index is 14.2. The van der Waals surface area contributed by atoms with Gasteiger partial charge in [-0.25, -0.2) is 14.4 Å². The smallest absolute Gasteiger partial charge is 0.182 e. The molecule has 0 amide bonds. The van der Waals surface area contributed by atoms with Crippen LogP contribution in [0.25, 0.3) is 17.1 Å². The Morgan fingerprint density at radius 2 is 2.03 bits per heavy atom. The first kappa shape index (κ1) is 20.5. The van der Waals surface area contributed by atoms with Crippen LogP contribution in [0.3, 0.4) is 0 Å². The van der Waals surface area contributed by atoms with Crippen LogP contribution in [0.5, 0.6) is 0 Å². The fourth-order valence-electron chi connectivity index (χ4n) is 3.97. The highest BCUT2D eigenvalue weighted by atomic mass is 19.1. The monoisotopic (exact) mass is 416 g/mol. The van der Waals surface area contributed by atoms with Crippen molar-refractivity contribution in [3.8, 4) is 11.5 Å². The fourth-order valence-corrected chi connectivity index (χ4v) is 3.97. The summed E-state index contributed by atoms with van der Waals surface area (Å²) in [4.78, 5) is 9.09. The van der Waals surface area contributed by atoms with Crippen molar-refractivity contribution in [2.45, 2.75) is 32.2 Å². The Hall–Kier alpha value is -3.74. The molecular weight excluding hydrogens is 391 g/mol. The highest BCUT2D eigenvalue weighted by Gasteiger charge is 2.24. The number of aromatic nitrogens is 4. The maximum absolute atomic E-state index is 14.2. The minimum Gasteiger partial charge on any atom is -0.405 e. The number of nitrogens with zero attached hydrogens (tertiary/aromatic N) is 4. The van der Waals surface area contributed by atoms with Gasteiger partial charge in [0.15, 0.2) is 5.82 Å². The molecule has 0 radical (unpaired) electrons. The lowest BCUT2D eigenvalue weighted by Gasteiger charge is -2.14. The van der Waals surface area contributed by atoms with Crippen LogP contribution >= 0.6 is 0 Å². The fraction of sp³-hybridized carbons (Fsp3) is 0.208. The zero-order valence-corrected chi connectivity index (χ0v) is 17.3. The van der Waals surface area contributed by atoms with Crippen molar-refractivity contribution in [2.24, 2.45) is 5.73 Å². The molecule has 3 aromatic rings. The number of nitrogen functional groups attached to an aromatic ring is 1. The standard InChI is InChI=1S/C24H25FN6/c1-2-7-16(12-13-26)19-14-28-24(29-23(19)27)22-18-9-4-6-11-21(18)31(30-22)15-17-8-3-5-10-20(17)25/h2-3,5,7-8,10,12-14H,1,4,6,9,11,15,26H2,(H2,27,28,29)/b13-12-,16-7+. The topological polar surface area (TPSA) is 95.6 Å². The van der Waals surface area contributed by atoms with E-state index in [-0.39, 0.29) is 5.82 Å². The average molecular weight is 417 g/mol. The minimum atomic E-state index is -0.233. The molecular formula is C24H25FN6. The van der Waals surface area contributed by atoms with Gasteiger partial charge >= 0.3 is 0 Å². The van der Waals surface area contributed by atoms with Crippen molar-refractivity contribution in [2.75, 3.05) is 5.73 Å². The van der Waals surface area contributed by atoms with Crippen LogP contribution in [-0.2, 0) is 19.4 Å². The first-order valence-corrected chi connectivity index (χ1v) is 10.3. The molecule has 0 aliphatic heterocycles. The Kier molecular flexibility index (Phi) is 5.93. The molecule has 1 aliphatic rings. The van der Waals surface area contributed by atoms with E-state index in [1.54, 1.807) is 36.6 Å². The van der Waals surface area contributed by atoms with Gasteiger partial charge in [0, 0.05) is 28.6 Å². The number of hydrogen-bond donors (Lipinski definition) is 2. The van der Waals surface area contributed by atoms with E-state index in [2.05, 4.69) is 16.5 Å². The van der Waals surface area contributed by atoms with Crippen molar-refractivity contribution >= 4 is 11.4 Å². The molecule has 1 aromatic carbocycles. The molecule has 0 fully saturated rings. The first-order valence-electron chi connectivity index (χ1n) is 10.3. The number of nitrogens with two attached hydrogens (primary N) is 2. The van der Waals surface area contributed by atoms with Gasteiger partial charge in [-0.15, -0.1) is 0 Å². The number of rotatable bonds is 6. The van der Waals surface area contributed by atoms with Gasteiger partial charge < -0.3 is 11.5 Å². The highest BCUT2D eigenvalue weighted by molar-refractivity contribution is 5.80. The zero-order chi connectivity index (χ0) is 21.8. The Morgan fingerprint density at radius 3 is 2.77 bits per heavy atom. The molecule has 0 spiro atoms. The number of hydrogen-bond acceptors (Lipinski definition) is 5. The third-order valence-electron chi connectivity index (χ3n) is 5.45. The number of halogens is 1. The highest BCUT2D eigenvalue weighted by Crippen LogP contribution is 2.31. The van der Waals surface area contributed by atoms with E-state index in [0.717, 1.165) is 42.5 Å². The molecule has 31 heavy (non-hydrogen) atoms. The van der Waals surface area contributed by atoms with Gasteiger partial charge in [0.05, 0.1) is 6.54 Å². The Balaban J connectivity index is 1.75. The third-order valence-corrected chi connectivity index (χ3v) is 5.45. The van der Waals surface area contributed by atoms with Crippen molar-refractivity contribution in [1.82, 2.24) is 19.7 Å². The summed E-state index contributed by atoms with van der Waals surface area (Å²) >= 11 is 0. The summed E-state index contributed by atoms with van der Waals surface area (Å²) in [6.45, 7) is 4.09. The SMILES string of the molecule is C=C/C=C(\C=C/N)c1cnc(-c2nn(Cc3ccccc3F)c3c2CCCC3)nc1N. The van der Waals surface area contributed by atoms with Crippen LogP contribution in [0.4, 0.5) is 10.2 Å². The van der Waals surface area contributed by atoms with Crippen LogP contribution in [0.15, 0.2) is 61.5 Å². The van der Waals surface area contributed by atoms with E-state index < -0.39 is 0 Å². The van der Waals surface area contributed by atoms with Crippen LogP contribution in [0, 0.1) is 5.82 Å². The average Bonchev–Trinajstić information content (AvgIpc) is 3.14. The van der Waals surface area contributed by atoms with Gasteiger partial charge in [0.25, 0.3) is 0 Å². The Morgan fingerprint density at radius 1 is 1.23 bits per heavy atom. The lowest BCUT2D eigenvalue weighted by Crippen LogP contribution is -2.11. The number of allylic oxidation sites excluding steroid dienone is 4. The molecule has 4 N–H and O–H groups in total. The summed E-state index contributed by atoms with van der Waals surface area (Å²) in [6.07, 6.45) is 12.2. The Bertz CT molecular complexity index is 1170. The Labute approximate surface area is 180 Å². The van der Waals surface area contributed by atoms with E-state index in [0.29, 0.717) is 35.0 Å². The number of fused-ring (bicyclic) bond motifs is 1. The van der Waals surface area contributed by atoms with Crippen molar-refractivity contribution < 1.29 is 4.39 Å². The van der Waals surface area contributed by atoms with Crippen LogP contribution < -0.4 is 11.5 Å². The predicted octanol–water partition coefficient (Wildman–Crippen LogP) is 4.03. The predicted molar refractivity (Wildman–Crippen MR) is 121 cm³/mol. The second-order valence-corrected chi connectivity index (χ2v) is 7.44. The zero-order valence-electron chi connectivity index (χ0n) is 17.3. The summed E-state index contributed by atoms with van der Waals surface area (Å²) in [6, 6.07) is 6.78. The van der Waals surface area contributed by atoms with E-state index in [1.165, 1.54) is 12.3 Å². The van der Waals surface area contributed by atoms with Crippen LogP contribution in [0.2, 0.25) is 0 Å². The number of anilines is 1. The molecule has 0 saturated carbocycles. The molecule has 0 atom stereocenters. The van der Waals surface area contributed by atoms with Crippen molar-refractivity contribution in [3.63, 3.8) is 0 Å². The quantitative estimate of drug-likeness (QED) is 0.592. The lowest BCUT2D eigenvalue weighted by atomic mass is 9.95. The molecule has 4 rings (SSSR count). The minimum absolute atomic E-state index is 0.233. The molecule has 158 valence electrons. The first-order chi connectivity index (χ1) is 15.1. The second-order valence-electron chi connectivity index (χ2n) is 7.44. The van der Waals surface area contributed by atoms with Gasteiger partial charge in [0.2, 0.25) is 0 Å². The van der Waals surface area contributed by atoms with Gasteiger partial charge in [-0.3, -0.25) is 4.68 Å². The normalized spacial score (nSPS) is 14.0. The molecule has 0 unspecified atom stereocenters. The summed E-state index contributed by atoms with van der Waals surface area (Å²) in [5.74, 6) is 0.578. The second kappa shape index (κ2) is 8.95. The molecule has 2 aromatic heterocycles. The summed E-state index contributed by atoms with van der Waals surface area (Å²) in [7, 11) is 0. The van der Waals surface area contributed by atoms with E-state index in [9.17, 15) is 4.39 Å². The van der Waals surface area contributed by atoms with Crippen LogP contribution in [0.1, 0.15) is 35.2 Å². The van der Waals surface area contributed by atoms with Crippen molar-refractivity contribution in [3.05, 3.63) is 89.7 Å². The molecule has 6 nitrogen and oxygen atoms in total. The molecule has 7 heteroatoms. The van der Waals surface area contributed by atoms with E-state index in [4.69, 9.17) is 16.6 Å².